The Bertz CT molecular complexity index is 559. The predicted molar refractivity (Wildman–Crippen MR) is 91.8 cm³/mol. The molecule has 0 amide bonds. The summed E-state index contributed by atoms with van der Waals surface area (Å²) in [6.07, 6.45) is 1.98. The zero-order valence-corrected chi connectivity index (χ0v) is 13.3. The maximum Gasteiger partial charge on any atom is 0.0558 e. The Morgan fingerprint density at radius 1 is 1.05 bits per heavy atom. The van der Waals surface area contributed by atoms with Crippen molar-refractivity contribution >= 4 is 5.69 Å². The number of aryl methyl sites for hydroxylation is 1. The minimum atomic E-state index is -0.0465. The molecule has 0 aliphatic rings. The van der Waals surface area contributed by atoms with E-state index in [0.717, 1.165) is 12.8 Å². The number of nitrogens with two attached hydrogens (primary N) is 1. The average Bonchev–Trinajstić information content (AvgIpc) is 2.53. The molecule has 2 heteroatoms. The Hall–Kier alpha value is -1.80. The zero-order chi connectivity index (χ0) is 15.3. The molecule has 0 aliphatic carbocycles. The molecule has 0 fully saturated rings. The molecule has 2 aromatic rings. The lowest BCUT2D eigenvalue weighted by molar-refractivity contribution is 0.395. The van der Waals surface area contributed by atoms with E-state index >= 15 is 0 Å². The second-order valence-electron chi connectivity index (χ2n) is 5.84. The van der Waals surface area contributed by atoms with Gasteiger partial charge in [0.05, 0.1) is 5.54 Å². The van der Waals surface area contributed by atoms with Crippen molar-refractivity contribution in [3.05, 3.63) is 65.7 Å². The van der Waals surface area contributed by atoms with Gasteiger partial charge in [0, 0.05) is 19.3 Å². The topological polar surface area (TPSA) is 29.3 Å². The molecule has 2 aromatic carbocycles. The van der Waals surface area contributed by atoms with E-state index in [1.54, 1.807) is 0 Å². The first-order valence-corrected chi connectivity index (χ1v) is 7.66. The van der Waals surface area contributed by atoms with Gasteiger partial charge in [-0.2, -0.15) is 0 Å². The van der Waals surface area contributed by atoms with Gasteiger partial charge in [-0.3, -0.25) is 0 Å². The number of hydrogen-bond donors (Lipinski definition) is 1. The highest BCUT2D eigenvalue weighted by atomic mass is 15.2. The fourth-order valence-corrected chi connectivity index (χ4v) is 2.92. The van der Waals surface area contributed by atoms with Gasteiger partial charge in [0.15, 0.2) is 0 Å². The number of likely N-dealkylation sites (N-methyl/N-ethyl adjacent to an activating group) is 1. The predicted octanol–water partition coefficient (Wildman–Crippen LogP) is 3.78. The number of benzene rings is 2. The Morgan fingerprint density at radius 2 is 1.76 bits per heavy atom. The summed E-state index contributed by atoms with van der Waals surface area (Å²) in [5, 5.41) is 0. The normalized spacial score (nSPS) is 13.7. The first kappa shape index (κ1) is 15.6. The summed E-state index contributed by atoms with van der Waals surface area (Å²) in [6, 6.07) is 19.3. The van der Waals surface area contributed by atoms with Crippen molar-refractivity contribution in [2.24, 2.45) is 5.73 Å². The Morgan fingerprint density at radius 3 is 2.33 bits per heavy atom. The SMILES string of the molecule is CCC(CN)(Cc1ccccc1)N(C)c1cccc(C)c1. The second kappa shape index (κ2) is 6.77. The fourth-order valence-electron chi connectivity index (χ4n) is 2.92. The van der Waals surface area contributed by atoms with Crippen LogP contribution < -0.4 is 10.6 Å². The van der Waals surface area contributed by atoms with Crippen molar-refractivity contribution in [3.63, 3.8) is 0 Å². The van der Waals surface area contributed by atoms with Crippen molar-refractivity contribution in [1.29, 1.82) is 0 Å². The molecule has 0 radical (unpaired) electrons. The van der Waals surface area contributed by atoms with E-state index < -0.39 is 0 Å². The lowest BCUT2D eigenvalue weighted by Gasteiger charge is -2.42. The molecular weight excluding hydrogens is 256 g/mol. The highest BCUT2D eigenvalue weighted by Gasteiger charge is 2.32. The molecule has 112 valence electrons. The molecule has 0 heterocycles. The number of nitrogens with zero attached hydrogens (tertiary/aromatic N) is 1. The molecule has 0 aliphatic heterocycles. The van der Waals surface area contributed by atoms with Gasteiger partial charge in [-0.05, 0) is 43.0 Å². The Balaban J connectivity index is 2.32. The molecule has 0 saturated carbocycles. The molecule has 2 nitrogen and oxygen atoms in total. The van der Waals surface area contributed by atoms with Crippen molar-refractivity contribution in [2.45, 2.75) is 32.2 Å². The summed E-state index contributed by atoms with van der Waals surface area (Å²) < 4.78 is 0. The van der Waals surface area contributed by atoms with Gasteiger partial charge in [0.2, 0.25) is 0 Å². The summed E-state index contributed by atoms with van der Waals surface area (Å²) in [4.78, 5) is 2.35. The minimum Gasteiger partial charge on any atom is -0.367 e. The van der Waals surface area contributed by atoms with Crippen LogP contribution in [0.4, 0.5) is 5.69 Å². The Kier molecular flexibility index (Phi) is 5.03. The van der Waals surface area contributed by atoms with Crippen LogP contribution in [0.3, 0.4) is 0 Å². The summed E-state index contributed by atoms with van der Waals surface area (Å²) >= 11 is 0. The van der Waals surface area contributed by atoms with Crippen molar-refractivity contribution < 1.29 is 0 Å². The third-order valence-corrected chi connectivity index (χ3v) is 4.51. The van der Waals surface area contributed by atoms with Crippen LogP contribution in [0.5, 0.6) is 0 Å². The number of hydrogen-bond acceptors (Lipinski definition) is 2. The first-order valence-electron chi connectivity index (χ1n) is 7.66. The smallest absolute Gasteiger partial charge is 0.0558 e. The van der Waals surface area contributed by atoms with Crippen molar-refractivity contribution in [3.8, 4) is 0 Å². The van der Waals surface area contributed by atoms with Gasteiger partial charge in [-0.1, -0.05) is 49.4 Å². The second-order valence-corrected chi connectivity index (χ2v) is 5.84. The maximum atomic E-state index is 6.20. The van der Waals surface area contributed by atoms with E-state index in [1.165, 1.54) is 16.8 Å². The lowest BCUT2D eigenvalue weighted by Crippen LogP contribution is -2.53. The van der Waals surface area contributed by atoms with Crippen LogP contribution in [0, 0.1) is 6.92 Å². The van der Waals surface area contributed by atoms with Crippen LogP contribution in [0.25, 0.3) is 0 Å². The van der Waals surface area contributed by atoms with E-state index in [-0.39, 0.29) is 5.54 Å². The van der Waals surface area contributed by atoms with Gasteiger partial charge in [-0.25, -0.2) is 0 Å². The van der Waals surface area contributed by atoms with Crippen LogP contribution in [-0.4, -0.2) is 19.1 Å². The molecule has 0 bridgehead atoms. The van der Waals surface area contributed by atoms with Gasteiger partial charge in [0.1, 0.15) is 0 Å². The first-order chi connectivity index (χ1) is 10.1. The minimum absolute atomic E-state index is 0.0465. The van der Waals surface area contributed by atoms with Crippen molar-refractivity contribution in [2.75, 3.05) is 18.5 Å². The third-order valence-electron chi connectivity index (χ3n) is 4.51. The molecule has 1 unspecified atom stereocenters. The average molecular weight is 282 g/mol. The van der Waals surface area contributed by atoms with Crippen LogP contribution >= 0.6 is 0 Å². The van der Waals surface area contributed by atoms with Crippen LogP contribution in [0.15, 0.2) is 54.6 Å². The van der Waals surface area contributed by atoms with E-state index in [4.69, 9.17) is 5.73 Å². The fraction of sp³-hybridized carbons (Fsp3) is 0.368. The summed E-state index contributed by atoms with van der Waals surface area (Å²) in [6.45, 7) is 5.00. The number of anilines is 1. The van der Waals surface area contributed by atoms with Crippen LogP contribution in [-0.2, 0) is 6.42 Å². The van der Waals surface area contributed by atoms with Crippen LogP contribution in [0.2, 0.25) is 0 Å². The Labute approximate surface area is 128 Å². The standard InChI is InChI=1S/C19H26N2/c1-4-19(15-20,14-17-10-6-5-7-11-17)21(3)18-12-8-9-16(2)13-18/h5-13H,4,14-15,20H2,1-3H3. The maximum absolute atomic E-state index is 6.20. The highest BCUT2D eigenvalue weighted by molar-refractivity contribution is 5.51. The van der Waals surface area contributed by atoms with Crippen LogP contribution in [0.1, 0.15) is 24.5 Å². The quantitative estimate of drug-likeness (QED) is 0.873. The third kappa shape index (κ3) is 3.45. The van der Waals surface area contributed by atoms with E-state index in [1.807, 2.05) is 0 Å². The highest BCUT2D eigenvalue weighted by Crippen LogP contribution is 2.28. The zero-order valence-electron chi connectivity index (χ0n) is 13.3. The van der Waals surface area contributed by atoms with E-state index in [9.17, 15) is 0 Å². The van der Waals surface area contributed by atoms with Gasteiger partial charge in [0.25, 0.3) is 0 Å². The molecule has 2 N–H and O–H groups in total. The summed E-state index contributed by atoms with van der Waals surface area (Å²) in [7, 11) is 2.16. The van der Waals surface area contributed by atoms with Gasteiger partial charge < -0.3 is 10.6 Å². The van der Waals surface area contributed by atoms with Crippen molar-refractivity contribution in [1.82, 2.24) is 0 Å². The van der Waals surface area contributed by atoms with Gasteiger partial charge >= 0.3 is 0 Å². The molecule has 1 atom stereocenters. The van der Waals surface area contributed by atoms with E-state index in [0.29, 0.717) is 6.54 Å². The van der Waals surface area contributed by atoms with Gasteiger partial charge in [-0.15, -0.1) is 0 Å². The number of rotatable bonds is 6. The van der Waals surface area contributed by atoms with E-state index in [2.05, 4.69) is 80.4 Å². The molecule has 0 saturated heterocycles. The molecule has 21 heavy (non-hydrogen) atoms. The summed E-state index contributed by atoms with van der Waals surface area (Å²) in [5.74, 6) is 0. The molecule has 0 spiro atoms. The molecule has 2 rings (SSSR count). The monoisotopic (exact) mass is 282 g/mol. The summed E-state index contributed by atoms with van der Waals surface area (Å²) in [5.41, 5.74) is 10.0. The molecule has 0 aromatic heterocycles. The molecular formula is C19H26N2. The largest absolute Gasteiger partial charge is 0.367 e. The lowest BCUT2D eigenvalue weighted by atomic mass is 9.86.